The molecule has 1 N–H and O–H groups in total. The highest BCUT2D eigenvalue weighted by molar-refractivity contribution is 5.47. The largest absolute Gasteiger partial charge is 0.380 e. The van der Waals surface area contributed by atoms with Gasteiger partial charge in [0.15, 0.2) is 0 Å². The number of nitrogens with one attached hydrogen (secondary N) is 1. The Hall–Kier alpha value is -1.12. The van der Waals surface area contributed by atoms with Crippen molar-refractivity contribution in [1.29, 1.82) is 0 Å². The average Bonchev–Trinajstić information content (AvgIpc) is 2.98. The molecule has 0 aromatic heterocycles. The van der Waals surface area contributed by atoms with Gasteiger partial charge in [-0.1, -0.05) is 12.8 Å². The van der Waals surface area contributed by atoms with Crippen LogP contribution in [0, 0.1) is 24.5 Å². The Kier molecular flexibility index (Phi) is 3.13. The summed E-state index contributed by atoms with van der Waals surface area (Å²) in [7, 11) is 0. The fourth-order valence-corrected chi connectivity index (χ4v) is 1.93. The minimum atomic E-state index is -0.374. The molecule has 0 bridgehead atoms. The molecular weight excluding hydrogens is 208 g/mol. The predicted octanol–water partition coefficient (Wildman–Crippen LogP) is 3.87. The molecule has 1 aliphatic carbocycles. The van der Waals surface area contributed by atoms with E-state index in [0.717, 1.165) is 12.3 Å². The van der Waals surface area contributed by atoms with Gasteiger partial charge in [0.05, 0.1) is 5.69 Å². The van der Waals surface area contributed by atoms with Gasteiger partial charge in [0.2, 0.25) is 0 Å². The van der Waals surface area contributed by atoms with Crippen LogP contribution in [-0.4, -0.2) is 6.04 Å². The highest BCUT2D eigenvalue weighted by atomic mass is 19.1. The normalized spacial score (nSPS) is 17.2. The van der Waals surface area contributed by atoms with Gasteiger partial charge in [0.1, 0.15) is 11.6 Å². The molecular formula is C13H17F2N. The van der Waals surface area contributed by atoms with Crippen LogP contribution in [0.25, 0.3) is 0 Å². The number of anilines is 1. The molecule has 0 saturated heterocycles. The van der Waals surface area contributed by atoms with E-state index in [9.17, 15) is 8.78 Å². The van der Waals surface area contributed by atoms with E-state index in [-0.39, 0.29) is 23.4 Å². The number of aryl methyl sites for hydroxylation is 1. The summed E-state index contributed by atoms with van der Waals surface area (Å²) in [4.78, 5) is 0. The summed E-state index contributed by atoms with van der Waals surface area (Å²) in [6.07, 6.45) is 3.59. The molecule has 0 aliphatic heterocycles. The summed E-state index contributed by atoms with van der Waals surface area (Å²) in [5.41, 5.74) is 0.620. The van der Waals surface area contributed by atoms with Crippen LogP contribution in [0.3, 0.4) is 0 Å². The van der Waals surface area contributed by atoms with Crippen LogP contribution in [0.15, 0.2) is 12.1 Å². The second kappa shape index (κ2) is 4.40. The van der Waals surface area contributed by atoms with Crippen molar-refractivity contribution in [2.45, 2.75) is 39.2 Å². The summed E-state index contributed by atoms with van der Waals surface area (Å²) < 4.78 is 26.8. The van der Waals surface area contributed by atoms with Crippen molar-refractivity contribution in [3.05, 3.63) is 29.3 Å². The molecule has 1 unspecified atom stereocenters. The van der Waals surface area contributed by atoms with Gasteiger partial charge in [0.25, 0.3) is 0 Å². The van der Waals surface area contributed by atoms with Crippen LogP contribution < -0.4 is 5.32 Å². The highest BCUT2D eigenvalue weighted by Gasteiger charge is 2.23. The third-order valence-corrected chi connectivity index (χ3v) is 3.03. The number of hydrogen-bond acceptors (Lipinski definition) is 1. The number of rotatable bonds is 4. The molecule has 1 atom stereocenters. The zero-order valence-corrected chi connectivity index (χ0v) is 9.69. The Bertz CT molecular complexity index is 386. The van der Waals surface area contributed by atoms with E-state index in [1.165, 1.54) is 25.0 Å². The summed E-state index contributed by atoms with van der Waals surface area (Å²) in [5, 5.41) is 3.03. The first-order chi connectivity index (χ1) is 7.56. The van der Waals surface area contributed by atoms with E-state index < -0.39 is 0 Å². The monoisotopic (exact) mass is 225 g/mol. The van der Waals surface area contributed by atoms with Crippen molar-refractivity contribution in [3.63, 3.8) is 0 Å². The first kappa shape index (κ1) is 11.4. The van der Waals surface area contributed by atoms with Crippen LogP contribution in [0.1, 0.15) is 31.7 Å². The third kappa shape index (κ3) is 2.71. The Labute approximate surface area is 94.9 Å². The first-order valence-corrected chi connectivity index (χ1v) is 5.78. The molecule has 3 heteroatoms. The summed E-state index contributed by atoms with van der Waals surface area (Å²) >= 11 is 0. The molecule has 1 aromatic carbocycles. The van der Waals surface area contributed by atoms with Gasteiger partial charge in [-0.15, -0.1) is 0 Å². The van der Waals surface area contributed by atoms with Crippen molar-refractivity contribution in [3.8, 4) is 0 Å². The second-order valence-corrected chi connectivity index (χ2v) is 4.81. The first-order valence-electron chi connectivity index (χ1n) is 5.78. The minimum absolute atomic E-state index is 0.198. The molecule has 0 heterocycles. The molecule has 1 nitrogen and oxygen atoms in total. The Morgan fingerprint density at radius 1 is 1.31 bits per heavy atom. The van der Waals surface area contributed by atoms with Crippen LogP contribution in [0.2, 0.25) is 0 Å². The molecule has 88 valence electrons. The van der Waals surface area contributed by atoms with E-state index in [1.54, 1.807) is 6.92 Å². The summed E-state index contributed by atoms with van der Waals surface area (Å²) in [5.74, 6) is 0.0462. The van der Waals surface area contributed by atoms with Gasteiger partial charge in [0, 0.05) is 12.1 Å². The van der Waals surface area contributed by atoms with Crippen molar-refractivity contribution < 1.29 is 8.78 Å². The van der Waals surface area contributed by atoms with Gasteiger partial charge in [-0.2, -0.15) is 0 Å². The standard InChI is InChI=1S/C13H17F2N/c1-8-5-12(15)13(7-11(8)14)16-9(2)6-10-3-4-10/h5,7,9-10,16H,3-4,6H2,1-2H3. The molecule has 1 aliphatic rings. The topological polar surface area (TPSA) is 12.0 Å². The lowest BCUT2D eigenvalue weighted by molar-refractivity contribution is 0.586. The lowest BCUT2D eigenvalue weighted by atomic mass is 10.1. The Morgan fingerprint density at radius 3 is 2.62 bits per heavy atom. The SMILES string of the molecule is Cc1cc(F)c(NC(C)CC2CC2)cc1F. The quantitative estimate of drug-likeness (QED) is 0.820. The second-order valence-electron chi connectivity index (χ2n) is 4.81. The number of halogens is 2. The fraction of sp³-hybridized carbons (Fsp3) is 0.538. The van der Waals surface area contributed by atoms with Gasteiger partial charge in [-0.05, 0) is 37.8 Å². The van der Waals surface area contributed by atoms with Crippen LogP contribution in [0.4, 0.5) is 14.5 Å². The third-order valence-electron chi connectivity index (χ3n) is 3.03. The van der Waals surface area contributed by atoms with Gasteiger partial charge < -0.3 is 5.32 Å². The van der Waals surface area contributed by atoms with E-state index in [4.69, 9.17) is 0 Å². The van der Waals surface area contributed by atoms with Crippen LogP contribution in [-0.2, 0) is 0 Å². The fourth-order valence-electron chi connectivity index (χ4n) is 1.93. The smallest absolute Gasteiger partial charge is 0.146 e. The van der Waals surface area contributed by atoms with Gasteiger partial charge >= 0.3 is 0 Å². The minimum Gasteiger partial charge on any atom is -0.380 e. The number of hydrogen-bond donors (Lipinski definition) is 1. The zero-order chi connectivity index (χ0) is 11.7. The summed E-state index contributed by atoms with van der Waals surface area (Å²) in [6, 6.07) is 2.68. The van der Waals surface area contributed by atoms with Gasteiger partial charge in [-0.25, -0.2) is 8.78 Å². The summed E-state index contributed by atoms with van der Waals surface area (Å²) in [6.45, 7) is 3.57. The molecule has 0 radical (unpaired) electrons. The number of benzene rings is 1. The van der Waals surface area contributed by atoms with Crippen LogP contribution >= 0.6 is 0 Å². The van der Waals surface area contributed by atoms with E-state index in [0.29, 0.717) is 5.56 Å². The molecule has 0 amide bonds. The van der Waals surface area contributed by atoms with Crippen molar-refractivity contribution >= 4 is 5.69 Å². The Balaban J connectivity index is 2.04. The maximum Gasteiger partial charge on any atom is 0.146 e. The molecule has 1 aromatic rings. The van der Waals surface area contributed by atoms with E-state index in [2.05, 4.69) is 5.32 Å². The lowest BCUT2D eigenvalue weighted by Crippen LogP contribution is -2.17. The average molecular weight is 225 g/mol. The molecule has 1 saturated carbocycles. The predicted molar refractivity (Wildman–Crippen MR) is 61.5 cm³/mol. The van der Waals surface area contributed by atoms with Gasteiger partial charge in [-0.3, -0.25) is 0 Å². The van der Waals surface area contributed by atoms with Crippen molar-refractivity contribution in [2.75, 3.05) is 5.32 Å². The van der Waals surface area contributed by atoms with E-state index in [1.807, 2.05) is 6.92 Å². The highest BCUT2D eigenvalue weighted by Crippen LogP contribution is 2.34. The van der Waals surface area contributed by atoms with Crippen LogP contribution in [0.5, 0.6) is 0 Å². The molecule has 0 spiro atoms. The molecule has 1 fully saturated rings. The maximum atomic E-state index is 13.5. The lowest BCUT2D eigenvalue weighted by Gasteiger charge is -2.16. The molecule has 16 heavy (non-hydrogen) atoms. The zero-order valence-electron chi connectivity index (χ0n) is 9.69. The maximum absolute atomic E-state index is 13.5. The van der Waals surface area contributed by atoms with Crippen molar-refractivity contribution in [1.82, 2.24) is 0 Å². The molecule has 2 rings (SSSR count). The van der Waals surface area contributed by atoms with Crippen molar-refractivity contribution in [2.24, 2.45) is 5.92 Å². The van der Waals surface area contributed by atoms with E-state index >= 15 is 0 Å². The Morgan fingerprint density at radius 2 is 2.00 bits per heavy atom.